The van der Waals surface area contributed by atoms with Gasteiger partial charge >= 0.3 is 0 Å². The highest BCUT2D eigenvalue weighted by Crippen LogP contribution is 2.22. The minimum Gasteiger partial charge on any atom is -0.316 e. The molecule has 0 amide bonds. The summed E-state index contributed by atoms with van der Waals surface area (Å²) < 4.78 is 50.0. The van der Waals surface area contributed by atoms with Gasteiger partial charge < -0.3 is 5.32 Å². The van der Waals surface area contributed by atoms with Crippen molar-refractivity contribution >= 4 is 19.9 Å². The molecule has 0 atom stereocenters. The third kappa shape index (κ3) is 3.82. The standard InChI is InChI=1S/C13H20N2O4S2/c1-14-11-12-5-2-3-6-13(12)21(18,19)15-7-4-9-20(16,17)10-8-15/h2-3,5-6,14H,4,7-11H2,1H3. The fraction of sp³-hybridized carbons (Fsp3) is 0.538. The van der Waals surface area contributed by atoms with Crippen molar-refractivity contribution in [3.63, 3.8) is 0 Å². The molecular formula is C13H20N2O4S2. The SMILES string of the molecule is CNCc1ccccc1S(=O)(=O)N1CCCS(=O)(=O)CC1. The molecule has 1 fully saturated rings. The molecule has 21 heavy (non-hydrogen) atoms. The second kappa shape index (κ2) is 6.43. The summed E-state index contributed by atoms with van der Waals surface area (Å²) in [4.78, 5) is 0.249. The zero-order valence-electron chi connectivity index (χ0n) is 11.9. The minimum atomic E-state index is -3.66. The zero-order valence-corrected chi connectivity index (χ0v) is 13.6. The summed E-state index contributed by atoms with van der Waals surface area (Å²) >= 11 is 0. The van der Waals surface area contributed by atoms with Crippen molar-refractivity contribution in [1.29, 1.82) is 0 Å². The van der Waals surface area contributed by atoms with Crippen LogP contribution in [0.25, 0.3) is 0 Å². The van der Waals surface area contributed by atoms with Crippen molar-refractivity contribution in [2.75, 3.05) is 31.6 Å². The molecule has 0 bridgehead atoms. The van der Waals surface area contributed by atoms with E-state index in [1.807, 2.05) is 0 Å². The number of hydrogen-bond acceptors (Lipinski definition) is 5. The Morgan fingerprint density at radius 1 is 1.19 bits per heavy atom. The molecule has 1 aliphatic rings. The van der Waals surface area contributed by atoms with E-state index in [0.29, 0.717) is 18.5 Å². The van der Waals surface area contributed by atoms with Crippen LogP contribution in [0.15, 0.2) is 29.2 Å². The smallest absolute Gasteiger partial charge is 0.243 e. The van der Waals surface area contributed by atoms with Gasteiger partial charge in [0.1, 0.15) is 0 Å². The van der Waals surface area contributed by atoms with Crippen molar-refractivity contribution in [2.45, 2.75) is 17.9 Å². The summed E-state index contributed by atoms with van der Waals surface area (Å²) in [5.41, 5.74) is 0.687. The summed E-state index contributed by atoms with van der Waals surface area (Å²) in [5.74, 6) is -0.0579. The van der Waals surface area contributed by atoms with E-state index in [4.69, 9.17) is 0 Å². The average molecular weight is 332 g/mol. The Bertz CT molecular complexity index is 699. The maximum absolute atomic E-state index is 12.8. The Kier molecular flexibility index (Phi) is 5.03. The van der Waals surface area contributed by atoms with E-state index >= 15 is 0 Å². The van der Waals surface area contributed by atoms with Crippen LogP contribution in [0, 0.1) is 0 Å². The van der Waals surface area contributed by atoms with Crippen molar-refractivity contribution < 1.29 is 16.8 Å². The van der Waals surface area contributed by atoms with E-state index < -0.39 is 19.9 Å². The van der Waals surface area contributed by atoms with Crippen LogP contribution in [-0.4, -0.2) is 52.8 Å². The lowest BCUT2D eigenvalue weighted by Gasteiger charge is -2.21. The molecule has 0 saturated carbocycles. The monoisotopic (exact) mass is 332 g/mol. The van der Waals surface area contributed by atoms with Gasteiger partial charge in [-0.25, -0.2) is 16.8 Å². The van der Waals surface area contributed by atoms with Gasteiger partial charge in [-0.2, -0.15) is 4.31 Å². The van der Waals surface area contributed by atoms with Crippen LogP contribution in [0.4, 0.5) is 0 Å². The average Bonchev–Trinajstić information content (AvgIpc) is 2.61. The summed E-state index contributed by atoms with van der Waals surface area (Å²) in [5, 5.41) is 2.95. The second-order valence-corrected chi connectivity index (χ2v) is 9.26. The predicted octanol–water partition coefficient (Wildman–Crippen LogP) is 0.215. The fourth-order valence-electron chi connectivity index (χ4n) is 2.39. The zero-order chi connectivity index (χ0) is 15.5. The summed E-state index contributed by atoms with van der Waals surface area (Å²) in [6, 6.07) is 6.80. The predicted molar refractivity (Wildman–Crippen MR) is 81.2 cm³/mol. The first-order valence-corrected chi connectivity index (χ1v) is 10.1. The summed E-state index contributed by atoms with van der Waals surface area (Å²) in [6.45, 7) is 0.718. The maximum atomic E-state index is 12.8. The van der Waals surface area contributed by atoms with Crippen molar-refractivity contribution in [1.82, 2.24) is 9.62 Å². The van der Waals surface area contributed by atoms with Gasteiger partial charge in [0.2, 0.25) is 10.0 Å². The molecule has 1 N–H and O–H groups in total. The molecular weight excluding hydrogens is 312 g/mol. The lowest BCUT2D eigenvalue weighted by atomic mass is 10.2. The van der Waals surface area contributed by atoms with Crippen LogP contribution in [0.5, 0.6) is 0 Å². The van der Waals surface area contributed by atoms with Crippen LogP contribution in [-0.2, 0) is 26.4 Å². The van der Waals surface area contributed by atoms with Gasteiger partial charge in [0, 0.05) is 19.6 Å². The Labute approximate surface area is 126 Å². The second-order valence-electron chi connectivity index (χ2n) is 5.05. The minimum absolute atomic E-state index is 0.0263. The van der Waals surface area contributed by atoms with Crippen molar-refractivity contribution in [2.24, 2.45) is 0 Å². The fourth-order valence-corrected chi connectivity index (χ4v) is 5.48. The van der Waals surface area contributed by atoms with Crippen LogP contribution in [0.3, 0.4) is 0 Å². The number of rotatable bonds is 4. The molecule has 8 heteroatoms. The first kappa shape index (κ1) is 16.4. The molecule has 2 rings (SSSR count). The first-order chi connectivity index (χ1) is 9.87. The van der Waals surface area contributed by atoms with Crippen molar-refractivity contribution in [3.05, 3.63) is 29.8 Å². The van der Waals surface area contributed by atoms with E-state index in [1.165, 1.54) is 4.31 Å². The van der Waals surface area contributed by atoms with Gasteiger partial charge in [0.05, 0.1) is 16.4 Å². The molecule has 6 nitrogen and oxygen atoms in total. The van der Waals surface area contributed by atoms with Crippen molar-refractivity contribution in [3.8, 4) is 0 Å². The van der Waals surface area contributed by atoms with Gasteiger partial charge in [0.15, 0.2) is 9.84 Å². The Morgan fingerprint density at radius 3 is 2.62 bits per heavy atom. The van der Waals surface area contributed by atoms with E-state index in [9.17, 15) is 16.8 Å². The topological polar surface area (TPSA) is 83.6 Å². The Balaban J connectivity index is 2.34. The number of sulfonamides is 1. The van der Waals surface area contributed by atoms with Crippen LogP contribution < -0.4 is 5.32 Å². The van der Waals surface area contributed by atoms with E-state index in [0.717, 1.165) is 0 Å². The highest BCUT2D eigenvalue weighted by molar-refractivity contribution is 7.91. The van der Waals surface area contributed by atoms with E-state index in [-0.39, 0.29) is 29.5 Å². The molecule has 118 valence electrons. The number of nitrogens with one attached hydrogen (secondary N) is 1. The summed E-state index contributed by atoms with van der Waals surface area (Å²) in [6.07, 6.45) is 0.343. The summed E-state index contributed by atoms with van der Waals surface area (Å²) in [7, 11) is -5.04. The number of benzene rings is 1. The van der Waals surface area contributed by atoms with Crippen LogP contribution >= 0.6 is 0 Å². The molecule has 1 aliphatic heterocycles. The normalized spacial score (nSPS) is 20.0. The molecule has 1 heterocycles. The van der Waals surface area contributed by atoms with Gasteiger partial charge in [-0.15, -0.1) is 0 Å². The third-order valence-corrected chi connectivity index (χ3v) is 7.19. The van der Waals surface area contributed by atoms with Crippen LogP contribution in [0.1, 0.15) is 12.0 Å². The Hall–Kier alpha value is -0.960. The molecule has 0 aliphatic carbocycles. The molecule has 1 aromatic rings. The largest absolute Gasteiger partial charge is 0.316 e. The van der Waals surface area contributed by atoms with E-state index in [2.05, 4.69) is 5.32 Å². The van der Waals surface area contributed by atoms with Gasteiger partial charge in [-0.3, -0.25) is 0 Å². The molecule has 0 aromatic heterocycles. The lowest BCUT2D eigenvalue weighted by Crippen LogP contribution is -2.34. The van der Waals surface area contributed by atoms with E-state index in [1.54, 1.807) is 31.3 Å². The lowest BCUT2D eigenvalue weighted by molar-refractivity contribution is 0.434. The molecule has 0 radical (unpaired) electrons. The van der Waals surface area contributed by atoms with Gasteiger partial charge in [-0.05, 0) is 25.1 Å². The van der Waals surface area contributed by atoms with Gasteiger partial charge in [-0.1, -0.05) is 18.2 Å². The number of sulfone groups is 1. The molecule has 1 aromatic carbocycles. The molecule has 1 saturated heterocycles. The quantitative estimate of drug-likeness (QED) is 0.852. The Morgan fingerprint density at radius 2 is 1.90 bits per heavy atom. The maximum Gasteiger partial charge on any atom is 0.243 e. The number of hydrogen-bond donors (Lipinski definition) is 1. The highest BCUT2D eigenvalue weighted by Gasteiger charge is 2.30. The third-order valence-electron chi connectivity index (χ3n) is 3.47. The van der Waals surface area contributed by atoms with Gasteiger partial charge in [0.25, 0.3) is 0 Å². The first-order valence-electron chi connectivity index (χ1n) is 6.80. The molecule has 0 unspecified atom stereocenters. The number of nitrogens with zero attached hydrogens (tertiary/aromatic N) is 1. The highest BCUT2D eigenvalue weighted by atomic mass is 32.2. The van der Waals surface area contributed by atoms with Crippen LogP contribution in [0.2, 0.25) is 0 Å². The molecule has 0 spiro atoms.